The third kappa shape index (κ3) is 4.49. The molecule has 0 bridgehead atoms. The summed E-state index contributed by atoms with van der Waals surface area (Å²) in [6.07, 6.45) is 0.197. The number of esters is 2. The average molecular weight is 425 g/mol. The number of halogens is 1. The molecule has 0 radical (unpaired) electrons. The average Bonchev–Trinajstić information content (AvgIpc) is 2.71. The molecule has 0 saturated carbocycles. The summed E-state index contributed by atoms with van der Waals surface area (Å²) < 4.78 is 21.0. The van der Waals surface area contributed by atoms with Gasteiger partial charge in [0.15, 0.2) is 0 Å². The van der Waals surface area contributed by atoms with Crippen molar-refractivity contribution in [1.29, 1.82) is 0 Å². The van der Waals surface area contributed by atoms with E-state index in [1.807, 2.05) is 26.0 Å². The number of benzene rings is 1. The van der Waals surface area contributed by atoms with Crippen molar-refractivity contribution in [3.05, 3.63) is 34.5 Å². The van der Waals surface area contributed by atoms with Crippen LogP contribution in [0.2, 0.25) is 5.02 Å². The van der Waals surface area contributed by atoms with E-state index in [1.165, 1.54) is 14.2 Å². The number of ether oxygens (including phenoxy) is 4. The van der Waals surface area contributed by atoms with E-state index in [-0.39, 0.29) is 36.8 Å². The Kier molecular flexibility index (Phi) is 6.66. The Morgan fingerprint density at radius 1 is 1.10 bits per heavy atom. The Bertz CT molecular complexity index is 817. The highest BCUT2D eigenvalue weighted by Crippen LogP contribution is 2.35. The van der Waals surface area contributed by atoms with E-state index < -0.39 is 11.9 Å². The molecule has 2 unspecified atom stereocenters. The normalized spacial score (nSPS) is 22.5. The largest absolute Gasteiger partial charge is 0.466 e. The molecule has 0 aromatic heterocycles. The summed E-state index contributed by atoms with van der Waals surface area (Å²) in [4.78, 5) is 28.3. The van der Waals surface area contributed by atoms with Crippen LogP contribution in [0.3, 0.4) is 0 Å². The highest BCUT2D eigenvalue weighted by molar-refractivity contribution is 6.33. The lowest BCUT2D eigenvalue weighted by Crippen LogP contribution is -2.45. The van der Waals surface area contributed by atoms with Gasteiger partial charge in [-0.15, -0.1) is 0 Å². The fourth-order valence-electron chi connectivity index (χ4n) is 3.64. The molecule has 1 fully saturated rings. The zero-order valence-corrected chi connectivity index (χ0v) is 17.7. The summed E-state index contributed by atoms with van der Waals surface area (Å²) in [6.45, 7) is 5.55. The molecule has 158 valence electrons. The molecule has 1 aromatic carbocycles. The zero-order chi connectivity index (χ0) is 21.1. The van der Waals surface area contributed by atoms with Gasteiger partial charge in [0.25, 0.3) is 0 Å². The van der Waals surface area contributed by atoms with Crippen molar-refractivity contribution in [1.82, 2.24) is 0 Å². The predicted octanol–water partition coefficient (Wildman–Crippen LogP) is 2.35. The van der Waals surface area contributed by atoms with Crippen molar-refractivity contribution in [2.75, 3.05) is 50.4 Å². The topological polar surface area (TPSA) is 77.5 Å². The van der Waals surface area contributed by atoms with E-state index >= 15 is 0 Å². The highest BCUT2D eigenvalue weighted by Gasteiger charge is 2.33. The number of methoxy groups -OCH3 is 2. The lowest BCUT2D eigenvalue weighted by atomic mass is 10.1. The van der Waals surface area contributed by atoms with Gasteiger partial charge in [-0.3, -0.25) is 0 Å². The van der Waals surface area contributed by atoms with Crippen LogP contribution >= 0.6 is 11.6 Å². The van der Waals surface area contributed by atoms with Gasteiger partial charge in [0.2, 0.25) is 0 Å². The van der Waals surface area contributed by atoms with Crippen molar-refractivity contribution in [2.45, 2.75) is 26.1 Å². The SMILES string of the molecule is COC(=O)C1=C(C(=O)OC)N(c2ccc(N3CC(C)OC(C)C3)c(Cl)c2)COC1. The van der Waals surface area contributed by atoms with E-state index in [0.717, 1.165) is 18.8 Å². The fourth-order valence-corrected chi connectivity index (χ4v) is 3.94. The Morgan fingerprint density at radius 2 is 1.76 bits per heavy atom. The molecule has 0 amide bonds. The summed E-state index contributed by atoms with van der Waals surface area (Å²) in [6, 6.07) is 5.47. The van der Waals surface area contributed by atoms with Crippen LogP contribution in [0.1, 0.15) is 13.8 Å². The van der Waals surface area contributed by atoms with Crippen LogP contribution in [-0.2, 0) is 28.5 Å². The lowest BCUT2D eigenvalue weighted by Gasteiger charge is -2.37. The van der Waals surface area contributed by atoms with Crippen LogP contribution in [0, 0.1) is 0 Å². The quantitative estimate of drug-likeness (QED) is 0.682. The molecule has 2 aliphatic heterocycles. The Hall–Kier alpha value is -2.29. The summed E-state index contributed by atoms with van der Waals surface area (Å²) in [5.41, 5.74) is 1.67. The first kappa shape index (κ1) is 21.4. The maximum Gasteiger partial charge on any atom is 0.355 e. The minimum atomic E-state index is -0.648. The van der Waals surface area contributed by atoms with Crippen LogP contribution in [0.5, 0.6) is 0 Å². The molecule has 0 aliphatic carbocycles. The first-order valence-corrected chi connectivity index (χ1v) is 9.68. The number of carbonyl (C=O) groups excluding carboxylic acids is 2. The molecule has 8 nitrogen and oxygen atoms in total. The molecular formula is C20H25ClN2O6. The second-order valence-electron chi connectivity index (χ2n) is 7.01. The van der Waals surface area contributed by atoms with E-state index in [0.29, 0.717) is 10.7 Å². The molecule has 2 atom stereocenters. The van der Waals surface area contributed by atoms with Crippen LogP contribution in [0.25, 0.3) is 0 Å². The molecule has 1 aromatic rings. The maximum atomic E-state index is 12.4. The maximum absolute atomic E-state index is 12.4. The van der Waals surface area contributed by atoms with Crippen molar-refractivity contribution in [3.63, 3.8) is 0 Å². The van der Waals surface area contributed by atoms with E-state index in [1.54, 1.807) is 11.0 Å². The molecule has 0 N–H and O–H groups in total. The van der Waals surface area contributed by atoms with Gasteiger partial charge in [0.1, 0.15) is 12.4 Å². The number of morpholine rings is 1. The third-order valence-electron chi connectivity index (χ3n) is 4.84. The molecule has 0 spiro atoms. The molecule has 1 saturated heterocycles. The van der Waals surface area contributed by atoms with E-state index in [9.17, 15) is 9.59 Å². The standard InChI is InChI=1S/C20H25ClN2O6/c1-12-8-22(9-13(2)29-12)17-6-5-14(7-16(17)21)23-11-28-10-15(19(24)26-3)18(23)20(25)27-4/h5-7,12-13H,8-11H2,1-4H3. The number of carbonyl (C=O) groups is 2. The summed E-state index contributed by atoms with van der Waals surface area (Å²) in [5, 5.41) is 0.526. The van der Waals surface area contributed by atoms with Crippen LogP contribution in [0.4, 0.5) is 11.4 Å². The van der Waals surface area contributed by atoms with Gasteiger partial charge in [-0.1, -0.05) is 11.6 Å². The zero-order valence-electron chi connectivity index (χ0n) is 16.9. The molecule has 9 heteroatoms. The van der Waals surface area contributed by atoms with Gasteiger partial charge >= 0.3 is 11.9 Å². The highest BCUT2D eigenvalue weighted by atomic mass is 35.5. The molecular weight excluding hydrogens is 400 g/mol. The number of rotatable bonds is 4. The first-order chi connectivity index (χ1) is 13.8. The minimum absolute atomic E-state index is 0.0387. The van der Waals surface area contributed by atoms with Crippen molar-refractivity contribution in [3.8, 4) is 0 Å². The number of hydrogen-bond donors (Lipinski definition) is 0. The second kappa shape index (κ2) is 9.02. The Balaban J connectivity index is 1.96. The molecule has 2 aliphatic rings. The van der Waals surface area contributed by atoms with Gasteiger partial charge in [-0.2, -0.15) is 0 Å². The molecule has 3 rings (SSSR count). The van der Waals surface area contributed by atoms with Gasteiger partial charge in [-0.05, 0) is 32.0 Å². The lowest BCUT2D eigenvalue weighted by molar-refractivity contribution is -0.140. The van der Waals surface area contributed by atoms with Crippen LogP contribution < -0.4 is 9.80 Å². The number of anilines is 2. The molecule has 29 heavy (non-hydrogen) atoms. The van der Waals surface area contributed by atoms with E-state index in [4.69, 9.17) is 30.5 Å². The van der Waals surface area contributed by atoms with Gasteiger partial charge in [0, 0.05) is 18.8 Å². The second-order valence-corrected chi connectivity index (χ2v) is 7.42. The Labute approximate surface area is 174 Å². The number of hydrogen-bond acceptors (Lipinski definition) is 8. The monoisotopic (exact) mass is 424 g/mol. The summed E-state index contributed by atoms with van der Waals surface area (Å²) in [7, 11) is 2.51. The van der Waals surface area contributed by atoms with Crippen molar-refractivity contribution < 1.29 is 28.5 Å². The molecule has 2 heterocycles. The predicted molar refractivity (Wildman–Crippen MR) is 108 cm³/mol. The third-order valence-corrected chi connectivity index (χ3v) is 5.14. The van der Waals surface area contributed by atoms with Crippen LogP contribution in [-0.4, -0.2) is 64.8 Å². The summed E-state index contributed by atoms with van der Waals surface area (Å²) in [5.74, 6) is -1.29. The van der Waals surface area contributed by atoms with Gasteiger partial charge in [0.05, 0.1) is 49.3 Å². The first-order valence-electron chi connectivity index (χ1n) is 9.30. The van der Waals surface area contributed by atoms with Crippen LogP contribution in [0.15, 0.2) is 29.5 Å². The summed E-state index contributed by atoms with van der Waals surface area (Å²) >= 11 is 6.59. The minimum Gasteiger partial charge on any atom is -0.466 e. The van der Waals surface area contributed by atoms with Crippen molar-refractivity contribution >= 4 is 34.9 Å². The smallest absolute Gasteiger partial charge is 0.355 e. The van der Waals surface area contributed by atoms with E-state index in [2.05, 4.69) is 4.90 Å². The van der Waals surface area contributed by atoms with Gasteiger partial charge in [-0.25, -0.2) is 9.59 Å². The van der Waals surface area contributed by atoms with Crippen molar-refractivity contribution in [2.24, 2.45) is 0 Å². The van der Waals surface area contributed by atoms with Gasteiger partial charge < -0.3 is 28.7 Å². The number of nitrogens with zero attached hydrogens (tertiary/aromatic N) is 2. The Morgan fingerprint density at radius 3 is 2.34 bits per heavy atom. The fraction of sp³-hybridized carbons (Fsp3) is 0.500.